The van der Waals surface area contributed by atoms with E-state index in [1.165, 1.54) is 0 Å². The Bertz CT molecular complexity index is 759. The van der Waals surface area contributed by atoms with E-state index in [9.17, 15) is 9.59 Å². The van der Waals surface area contributed by atoms with Gasteiger partial charge in [-0.05, 0) is 11.1 Å². The Morgan fingerprint density at radius 2 is 1.44 bits per heavy atom. The third kappa shape index (κ3) is 4.14. The Balaban J connectivity index is 1.70. The lowest BCUT2D eigenvalue weighted by Gasteiger charge is -2.27. The Labute approximate surface area is 146 Å². The number of amides is 1. The van der Waals surface area contributed by atoms with Crippen molar-refractivity contribution < 1.29 is 14.3 Å². The van der Waals surface area contributed by atoms with E-state index in [4.69, 9.17) is 10.5 Å². The number of ether oxygens (including phenoxy) is 1. The van der Waals surface area contributed by atoms with Crippen LogP contribution in [0.2, 0.25) is 0 Å². The van der Waals surface area contributed by atoms with E-state index < -0.39 is 18.0 Å². The fourth-order valence-electron chi connectivity index (χ4n) is 2.88. The molecular formula is C20H20N2O3. The molecule has 0 aromatic heterocycles. The Hall–Kier alpha value is -2.92. The fraction of sp³-hybridized carbons (Fsp3) is 0.200. The van der Waals surface area contributed by atoms with Gasteiger partial charge in [0.05, 0.1) is 0 Å². The first-order valence-corrected chi connectivity index (χ1v) is 8.13. The highest BCUT2D eigenvalue weighted by atomic mass is 16.5. The molecule has 0 unspecified atom stereocenters. The zero-order valence-electron chi connectivity index (χ0n) is 13.7. The molecule has 5 nitrogen and oxygen atoms in total. The fourth-order valence-corrected chi connectivity index (χ4v) is 2.88. The number of rotatable bonds is 6. The molecule has 3 rings (SSSR count). The summed E-state index contributed by atoms with van der Waals surface area (Å²) in [6.07, 6.45) is 3.35. The van der Waals surface area contributed by atoms with Crippen molar-refractivity contribution in [2.24, 2.45) is 5.73 Å². The molecule has 1 heterocycles. The summed E-state index contributed by atoms with van der Waals surface area (Å²) in [4.78, 5) is 26.0. The monoisotopic (exact) mass is 336 g/mol. The number of hydrogen-bond donors (Lipinski definition) is 1. The summed E-state index contributed by atoms with van der Waals surface area (Å²) in [5, 5.41) is 0. The molecule has 0 spiro atoms. The minimum Gasteiger partial charge on any atom is -0.459 e. The number of nitrogens with zero attached hydrogens (tertiary/aromatic N) is 1. The van der Waals surface area contributed by atoms with Gasteiger partial charge in [-0.2, -0.15) is 0 Å². The highest BCUT2D eigenvalue weighted by Gasteiger charge is 2.37. The largest absolute Gasteiger partial charge is 0.459 e. The van der Waals surface area contributed by atoms with Crippen LogP contribution in [0, 0.1) is 0 Å². The molecule has 2 aromatic carbocycles. The zero-order chi connectivity index (χ0) is 17.6. The van der Waals surface area contributed by atoms with Gasteiger partial charge in [0.15, 0.2) is 0 Å². The molecule has 0 bridgehead atoms. The summed E-state index contributed by atoms with van der Waals surface area (Å²) in [5.41, 5.74) is 7.40. The second-order valence-electron chi connectivity index (χ2n) is 5.93. The van der Waals surface area contributed by atoms with Crippen LogP contribution in [0.3, 0.4) is 0 Å². The van der Waals surface area contributed by atoms with Gasteiger partial charge in [0.25, 0.3) is 0 Å². The van der Waals surface area contributed by atoms with E-state index >= 15 is 0 Å². The first-order chi connectivity index (χ1) is 12.1. The van der Waals surface area contributed by atoms with E-state index in [2.05, 4.69) is 0 Å². The van der Waals surface area contributed by atoms with Crippen molar-refractivity contribution in [2.45, 2.75) is 25.2 Å². The maximum atomic E-state index is 12.5. The van der Waals surface area contributed by atoms with Gasteiger partial charge in [-0.1, -0.05) is 72.8 Å². The quantitative estimate of drug-likeness (QED) is 0.647. The highest BCUT2D eigenvalue weighted by Crippen LogP contribution is 2.21. The highest BCUT2D eigenvalue weighted by molar-refractivity contribution is 5.86. The van der Waals surface area contributed by atoms with Gasteiger partial charge in [0, 0.05) is 6.54 Å². The van der Waals surface area contributed by atoms with Crippen molar-refractivity contribution in [3.8, 4) is 0 Å². The summed E-state index contributed by atoms with van der Waals surface area (Å²) in [6.45, 7) is 0.636. The summed E-state index contributed by atoms with van der Waals surface area (Å²) < 4.78 is 5.42. The first kappa shape index (κ1) is 16.9. The SMILES string of the molecule is NC(=O)[C@@H]1C=C[C@H](C(=O)OCc2ccccc2)N1Cc1ccccc1. The lowest BCUT2D eigenvalue weighted by molar-refractivity contribution is -0.150. The molecule has 0 radical (unpaired) electrons. The lowest BCUT2D eigenvalue weighted by Crippen LogP contribution is -2.47. The average Bonchev–Trinajstić information content (AvgIpc) is 3.05. The van der Waals surface area contributed by atoms with E-state index in [0.717, 1.165) is 11.1 Å². The Morgan fingerprint density at radius 1 is 0.880 bits per heavy atom. The summed E-state index contributed by atoms with van der Waals surface area (Å²) >= 11 is 0. The lowest BCUT2D eigenvalue weighted by atomic mass is 10.1. The zero-order valence-corrected chi connectivity index (χ0v) is 13.7. The maximum absolute atomic E-state index is 12.5. The van der Waals surface area contributed by atoms with Gasteiger partial charge in [-0.15, -0.1) is 0 Å². The van der Waals surface area contributed by atoms with Crippen molar-refractivity contribution in [1.29, 1.82) is 0 Å². The van der Waals surface area contributed by atoms with Crippen LogP contribution in [0.15, 0.2) is 72.8 Å². The number of esters is 1. The normalized spacial score (nSPS) is 19.7. The molecule has 128 valence electrons. The van der Waals surface area contributed by atoms with Gasteiger partial charge >= 0.3 is 5.97 Å². The summed E-state index contributed by atoms with van der Waals surface area (Å²) in [7, 11) is 0. The number of hydrogen-bond acceptors (Lipinski definition) is 4. The van der Waals surface area contributed by atoms with Crippen molar-refractivity contribution in [2.75, 3.05) is 0 Å². The van der Waals surface area contributed by atoms with Crippen LogP contribution in [0.4, 0.5) is 0 Å². The van der Waals surface area contributed by atoms with E-state index in [1.54, 1.807) is 17.1 Å². The van der Waals surface area contributed by atoms with Crippen LogP contribution in [0.1, 0.15) is 11.1 Å². The topological polar surface area (TPSA) is 72.6 Å². The maximum Gasteiger partial charge on any atom is 0.327 e. The van der Waals surface area contributed by atoms with E-state index in [1.807, 2.05) is 60.7 Å². The van der Waals surface area contributed by atoms with Crippen LogP contribution in [0.25, 0.3) is 0 Å². The first-order valence-electron chi connectivity index (χ1n) is 8.13. The van der Waals surface area contributed by atoms with Gasteiger partial charge in [0.2, 0.25) is 5.91 Å². The van der Waals surface area contributed by atoms with Crippen molar-refractivity contribution >= 4 is 11.9 Å². The summed E-state index contributed by atoms with van der Waals surface area (Å²) in [6, 6.07) is 17.9. The molecule has 1 aliphatic heterocycles. The predicted molar refractivity (Wildman–Crippen MR) is 94.1 cm³/mol. The number of primary amides is 1. The minimum absolute atomic E-state index is 0.199. The average molecular weight is 336 g/mol. The van der Waals surface area contributed by atoms with Crippen LogP contribution < -0.4 is 5.73 Å². The number of carbonyl (C=O) groups excluding carboxylic acids is 2. The molecule has 0 aliphatic carbocycles. The molecular weight excluding hydrogens is 316 g/mol. The van der Waals surface area contributed by atoms with Crippen LogP contribution in [0.5, 0.6) is 0 Å². The molecule has 2 aromatic rings. The van der Waals surface area contributed by atoms with Crippen molar-refractivity contribution in [1.82, 2.24) is 4.90 Å². The molecule has 0 saturated heterocycles. The molecule has 0 saturated carbocycles. The standard InChI is InChI=1S/C20H20N2O3/c21-19(23)17-11-12-18(22(17)13-15-7-3-1-4-8-15)20(24)25-14-16-9-5-2-6-10-16/h1-12,17-18H,13-14H2,(H2,21,23)/t17-,18+/m0/s1. The molecule has 1 aliphatic rings. The Kier molecular flexibility index (Phi) is 5.26. The Morgan fingerprint density at radius 3 is 2.04 bits per heavy atom. The molecule has 1 amide bonds. The summed E-state index contributed by atoms with van der Waals surface area (Å²) in [5.74, 6) is -0.870. The molecule has 2 N–H and O–H groups in total. The third-order valence-electron chi connectivity index (χ3n) is 4.16. The van der Waals surface area contributed by atoms with Gasteiger partial charge in [0.1, 0.15) is 18.7 Å². The van der Waals surface area contributed by atoms with E-state index in [0.29, 0.717) is 6.54 Å². The minimum atomic E-state index is -0.624. The van der Waals surface area contributed by atoms with Gasteiger partial charge in [-0.25, -0.2) is 4.79 Å². The molecule has 25 heavy (non-hydrogen) atoms. The number of benzene rings is 2. The van der Waals surface area contributed by atoms with Crippen LogP contribution in [-0.2, 0) is 27.5 Å². The van der Waals surface area contributed by atoms with Crippen LogP contribution >= 0.6 is 0 Å². The third-order valence-corrected chi connectivity index (χ3v) is 4.16. The second kappa shape index (κ2) is 7.77. The van der Waals surface area contributed by atoms with E-state index in [-0.39, 0.29) is 12.6 Å². The number of nitrogens with two attached hydrogens (primary N) is 1. The molecule has 0 fully saturated rings. The van der Waals surface area contributed by atoms with Crippen molar-refractivity contribution in [3.63, 3.8) is 0 Å². The predicted octanol–water partition coefficient (Wildman–Crippen LogP) is 2.02. The smallest absolute Gasteiger partial charge is 0.327 e. The number of carbonyl (C=O) groups is 2. The van der Waals surface area contributed by atoms with Gasteiger partial charge in [-0.3, -0.25) is 9.69 Å². The van der Waals surface area contributed by atoms with Gasteiger partial charge < -0.3 is 10.5 Å². The molecule has 5 heteroatoms. The second-order valence-corrected chi connectivity index (χ2v) is 5.93. The van der Waals surface area contributed by atoms with Crippen molar-refractivity contribution in [3.05, 3.63) is 83.9 Å². The van der Waals surface area contributed by atoms with Crippen LogP contribution in [-0.4, -0.2) is 28.9 Å². The molecule has 2 atom stereocenters.